The van der Waals surface area contributed by atoms with Crippen molar-refractivity contribution in [2.75, 3.05) is 13.7 Å². The summed E-state index contributed by atoms with van der Waals surface area (Å²) in [5.74, 6) is -1.85. The Bertz CT molecular complexity index is 1280. The summed E-state index contributed by atoms with van der Waals surface area (Å²) in [4.78, 5) is 72.9. The predicted octanol–water partition coefficient (Wildman–Crippen LogP) is 1.51. The van der Waals surface area contributed by atoms with Crippen LogP contribution in [0, 0.1) is 5.92 Å². The monoisotopic (exact) mass is 567 g/mol. The number of fused-ring (bicyclic) bond motifs is 2. The number of para-hydroxylation sites is 1. The molecule has 0 radical (unpaired) electrons. The lowest BCUT2D eigenvalue weighted by Crippen LogP contribution is -2.64. The van der Waals surface area contributed by atoms with Crippen LogP contribution in [0.2, 0.25) is 0 Å². The first-order chi connectivity index (χ1) is 19.8. The number of nitrogens with zero attached hydrogens (tertiary/aromatic N) is 2. The van der Waals surface area contributed by atoms with Gasteiger partial charge in [0.1, 0.15) is 37.6 Å². The number of benzene rings is 1. The Hall–Kier alpha value is -3.89. The molecule has 41 heavy (non-hydrogen) atoms. The summed E-state index contributed by atoms with van der Waals surface area (Å²) in [6, 6.07) is 4.03. The maximum atomic E-state index is 13.9. The van der Waals surface area contributed by atoms with Crippen molar-refractivity contribution in [1.29, 1.82) is 0 Å². The average Bonchev–Trinajstić information content (AvgIpc) is 3.35. The zero-order valence-electron chi connectivity index (χ0n) is 24.1. The summed E-state index contributed by atoms with van der Waals surface area (Å²) in [5, 5.41) is 9.52. The molecular weight excluding hydrogens is 526 g/mol. The maximum absolute atomic E-state index is 13.9. The Morgan fingerprint density at radius 2 is 1.76 bits per heavy atom. The Labute approximate surface area is 240 Å². The van der Waals surface area contributed by atoms with Crippen LogP contribution in [0.3, 0.4) is 0 Å². The summed E-state index contributed by atoms with van der Waals surface area (Å²) in [7, 11) is 1.55. The molecule has 11 nitrogen and oxygen atoms in total. The van der Waals surface area contributed by atoms with Gasteiger partial charge in [0.05, 0.1) is 5.52 Å². The van der Waals surface area contributed by atoms with Crippen molar-refractivity contribution >= 4 is 40.8 Å². The number of carbonyl (C=O) groups excluding carboxylic acids is 5. The smallest absolute Gasteiger partial charge is 0.246 e. The Balaban J connectivity index is 1.73. The van der Waals surface area contributed by atoms with Crippen molar-refractivity contribution in [2.24, 2.45) is 5.92 Å². The van der Waals surface area contributed by atoms with Crippen molar-refractivity contribution in [3.63, 3.8) is 0 Å². The van der Waals surface area contributed by atoms with E-state index in [0.717, 1.165) is 35.6 Å². The molecule has 2 saturated heterocycles. The number of hydrogen-bond donors (Lipinski definition) is 3. The van der Waals surface area contributed by atoms with Crippen LogP contribution in [0.1, 0.15) is 64.4 Å². The standard InChI is InChI=1S/C30H41N5O6/c1-4-19(2)26-30(40)34-15-9-7-14-25(34)29(39)31-22(12-8-10-16-36)27(37)32-23(28(38)33-26)17-20-18-35(41-3)24-13-6-5-11-21(20)24/h5-6,11,13,16,18-19,22-23,25-26H,4,7-10,12,14-15,17H2,1-3H3,(H,31,39)(H,32,37)(H,33,38)/t19-,22-,23-,25+,26-/m0/s1. The second-order valence-electron chi connectivity index (χ2n) is 11.0. The van der Waals surface area contributed by atoms with Gasteiger partial charge in [-0.15, -0.1) is 0 Å². The third-order valence-electron chi connectivity index (χ3n) is 8.33. The van der Waals surface area contributed by atoms with Crippen molar-refractivity contribution < 1.29 is 28.8 Å². The molecule has 2 aliphatic rings. The van der Waals surface area contributed by atoms with Gasteiger partial charge in [-0.2, -0.15) is 4.73 Å². The van der Waals surface area contributed by atoms with Crippen LogP contribution in [0.25, 0.3) is 10.9 Å². The van der Waals surface area contributed by atoms with Gasteiger partial charge in [-0.1, -0.05) is 38.5 Å². The summed E-state index contributed by atoms with van der Waals surface area (Å²) in [6.45, 7) is 4.25. The van der Waals surface area contributed by atoms with Crippen molar-refractivity contribution in [3.8, 4) is 0 Å². The third-order valence-corrected chi connectivity index (χ3v) is 8.33. The van der Waals surface area contributed by atoms with Crippen LogP contribution in [0.5, 0.6) is 0 Å². The van der Waals surface area contributed by atoms with E-state index >= 15 is 0 Å². The Morgan fingerprint density at radius 1 is 1.02 bits per heavy atom. The molecule has 2 fully saturated rings. The van der Waals surface area contributed by atoms with Crippen LogP contribution in [-0.2, 0) is 30.4 Å². The molecule has 3 heterocycles. The summed E-state index contributed by atoms with van der Waals surface area (Å²) in [6.07, 6.45) is 6.20. The topological polar surface area (TPSA) is 139 Å². The van der Waals surface area contributed by atoms with Crippen molar-refractivity contribution in [2.45, 2.75) is 89.4 Å². The van der Waals surface area contributed by atoms with Crippen LogP contribution < -0.4 is 20.8 Å². The molecule has 0 bridgehead atoms. The minimum Gasteiger partial charge on any atom is -0.417 e. The first kappa shape index (κ1) is 30.1. The van der Waals surface area contributed by atoms with E-state index in [9.17, 15) is 24.0 Å². The SMILES string of the molecule is CC[C@H](C)[C@@H]1NC(=O)[C@H](Cc2cn(OC)c3ccccc23)NC(=O)[C@H](CCCC=O)NC(=O)[C@H]2CCCCN2C1=O. The maximum Gasteiger partial charge on any atom is 0.246 e. The molecule has 11 heteroatoms. The lowest BCUT2D eigenvalue weighted by molar-refractivity contribution is -0.147. The van der Waals surface area contributed by atoms with E-state index in [1.165, 1.54) is 0 Å². The second-order valence-corrected chi connectivity index (χ2v) is 11.0. The predicted molar refractivity (Wildman–Crippen MR) is 153 cm³/mol. The van der Waals surface area contributed by atoms with Gasteiger partial charge in [-0.05, 0) is 49.7 Å². The van der Waals surface area contributed by atoms with E-state index in [2.05, 4.69) is 16.0 Å². The number of aromatic nitrogens is 1. The molecule has 1 aromatic heterocycles. The fourth-order valence-corrected chi connectivity index (χ4v) is 5.76. The lowest BCUT2D eigenvalue weighted by atomic mass is 9.93. The number of nitrogens with one attached hydrogen (secondary N) is 3. The number of rotatable bonds is 9. The summed E-state index contributed by atoms with van der Waals surface area (Å²) >= 11 is 0. The van der Waals surface area contributed by atoms with Gasteiger partial charge >= 0.3 is 0 Å². The average molecular weight is 568 g/mol. The Kier molecular flexibility index (Phi) is 10.0. The van der Waals surface area contributed by atoms with E-state index in [1.54, 1.807) is 22.9 Å². The van der Waals surface area contributed by atoms with Crippen molar-refractivity contribution in [3.05, 3.63) is 36.0 Å². The molecular formula is C30H41N5O6. The molecule has 3 N–H and O–H groups in total. The van der Waals surface area contributed by atoms with Crippen molar-refractivity contribution in [1.82, 2.24) is 25.6 Å². The fraction of sp³-hybridized carbons (Fsp3) is 0.567. The molecule has 5 atom stereocenters. The molecule has 0 unspecified atom stereocenters. The number of aldehydes is 1. The highest BCUT2D eigenvalue weighted by Gasteiger charge is 2.40. The number of carbonyl (C=O) groups is 5. The van der Waals surface area contributed by atoms with Gasteiger partial charge in [0.15, 0.2) is 0 Å². The third kappa shape index (κ3) is 6.71. The van der Waals surface area contributed by atoms with E-state index in [4.69, 9.17) is 4.84 Å². The fourth-order valence-electron chi connectivity index (χ4n) is 5.76. The van der Waals surface area contributed by atoms with Gasteiger partial charge in [0.2, 0.25) is 23.6 Å². The van der Waals surface area contributed by atoms with Gasteiger partial charge in [-0.3, -0.25) is 19.2 Å². The van der Waals surface area contributed by atoms with Crippen LogP contribution in [0.15, 0.2) is 30.5 Å². The highest BCUT2D eigenvalue weighted by Crippen LogP contribution is 2.24. The molecule has 0 saturated carbocycles. The largest absolute Gasteiger partial charge is 0.417 e. The zero-order chi connectivity index (χ0) is 29.5. The first-order valence-corrected chi connectivity index (χ1v) is 14.6. The quantitative estimate of drug-likeness (QED) is 0.310. The number of unbranched alkanes of at least 4 members (excludes halogenated alkanes) is 1. The Morgan fingerprint density at radius 3 is 2.49 bits per heavy atom. The zero-order valence-corrected chi connectivity index (χ0v) is 24.1. The first-order valence-electron chi connectivity index (χ1n) is 14.6. The molecule has 1 aromatic carbocycles. The van der Waals surface area contributed by atoms with Crippen LogP contribution in [-0.4, -0.2) is 77.4 Å². The van der Waals surface area contributed by atoms with E-state index < -0.39 is 36.0 Å². The molecule has 0 spiro atoms. The molecule has 4 amide bonds. The van der Waals surface area contributed by atoms with Crippen LogP contribution >= 0.6 is 0 Å². The van der Waals surface area contributed by atoms with Gasteiger partial charge in [-0.25, -0.2) is 0 Å². The molecule has 222 valence electrons. The van der Waals surface area contributed by atoms with E-state index in [-0.39, 0.29) is 37.0 Å². The second kappa shape index (κ2) is 13.6. The van der Waals surface area contributed by atoms with E-state index in [0.29, 0.717) is 25.8 Å². The summed E-state index contributed by atoms with van der Waals surface area (Å²) in [5.41, 5.74) is 1.59. The highest BCUT2D eigenvalue weighted by molar-refractivity contribution is 5.98. The van der Waals surface area contributed by atoms with Gasteiger partial charge in [0.25, 0.3) is 0 Å². The van der Waals surface area contributed by atoms with Crippen LogP contribution in [0.4, 0.5) is 0 Å². The minimum absolute atomic E-state index is 0.136. The summed E-state index contributed by atoms with van der Waals surface area (Å²) < 4.78 is 1.60. The molecule has 4 rings (SSSR count). The van der Waals surface area contributed by atoms with Gasteiger partial charge < -0.3 is 30.5 Å². The lowest BCUT2D eigenvalue weighted by Gasteiger charge is -2.39. The molecule has 2 aliphatic heterocycles. The molecule has 0 aliphatic carbocycles. The highest BCUT2D eigenvalue weighted by atomic mass is 16.6. The molecule has 2 aromatic rings. The minimum atomic E-state index is -1.03. The number of piperidine rings is 1. The van der Waals surface area contributed by atoms with E-state index in [1.807, 2.05) is 38.1 Å². The van der Waals surface area contributed by atoms with Gasteiger partial charge in [0, 0.05) is 31.0 Å². The normalized spacial score (nSPS) is 24.8. The number of hydrogen-bond acceptors (Lipinski definition) is 6. The number of amides is 4.